The summed E-state index contributed by atoms with van der Waals surface area (Å²) < 4.78 is 61.3. The van der Waals surface area contributed by atoms with E-state index < -0.39 is 25.0 Å². The zero-order valence-electron chi connectivity index (χ0n) is 22.2. The first-order valence-electron chi connectivity index (χ1n) is 11.8. The number of carbonyl (C=O) groups is 2. The Morgan fingerprint density at radius 3 is 1.95 bits per heavy atom. The van der Waals surface area contributed by atoms with Crippen LogP contribution in [-0.4, -0.2) is 40.0 Å². The molecule has 0 atom stereocenters. The molecule has 0 saturated carbocycles. The zero-order valence-corrected chi connectivity index (χ0v) is 25.8. The van der Waals surface area contributed by atoms with Crippen LogP contribution in [0.1, 0.15) is 37.4 Å². The number of anilines is 4. The molecule has 0 bridgehead atoms. The molecule has 4 aromatic carbocycles. The molecule has 0 aliphatic heterocycles. The van der Waals surface area contributed by atoms with Crippen LogP contribution in [0.25, 0.3) is 0 Å². The van der Waals surface area contributed by atoms with Gasteiger partial charge < -0.3 is 15.6 Å². The van der Waals surface area contributed by atoms with Gasteiger partial charge in [0.25, 0.3) is 10.0 Å². The van der Waals surface area contributed by atoms with E-state index in [1.165, 1.54) is 37.4 Å². The van der Waals surface area contributed by atoms with Crippen molar-refractivity contribution in [2.75, 3.05) is 22.4 Å². The maximum absolute atomic E-state index is 13.5. The van der Waals surface area contributed by atoms with E-state index in [9.17, 15) is 31.0 Å². The van der Waals surface area contributed by atoms with Crippen LogP contribution >= 0.6 is 0 Å². The number of sulfonamides is 1. The van der Waals surface area contributed by atoms with Gasteiger partial charge in [0.1, 0.15) is 10.1 Å². The average Bonchev–Trinajstić information content (AvgIpc) is 2.93. The van der Waals surface area contributed by atoms with Crippen molar-refractivity contribution in [1.82, 2.24) is 0 Å². The molecule has 0 fully saturated rings. The average molecular weight is 600 g/mol. The number of ketones is 2. The van der Waals surface area contributed by atoms with E-state index in [0.29, 0.717) is 16.9 Å². The zero-order chi connectivity index (χ0) is 29.0. The van der Waals surface area contributed by atoms with E-state index in [1.54, 1.807) is 43.3 Å². The number of nitrogen functional groups attached to an aromatic ring is 1. The van der Waals surface area contributed by atoms with Gasteiger partial charge in [0, 0.05) is 29.5 Å². The minimum atomic E-state index is -4.68. The van der Waals surface area contributed by atoms with Crippen molar-refractivity contribution in [2.45, 2.75) is 16.7 Å². The Balaban J connectivity index is 0.00000387. The summed E-state index contributed by atoms with van der Waals surface area (Å²) >= 11 is 0. The van der Waals surface area contributed by atoms with Gasteiger partial charge >= 0.3 is 29.6 Å². The van der Waals surface area contributed by atoms with E-state index in [-0.39, 0.29) is 79.6 Å². The van der Waals surface area contributed by atoms with Crippen molar-refractivity contribution >= 4 is 54.5 Å². The van der Waals surface area contributed by atoms with E-state index in [2.05, 4.69) is 5.32 Å². The van der Waals surface area contributed by atoms with Crippen LogP contribution in [0.15, 0.2) is 88.7 Å². The van der Waals surface area contributed by atoms with Gasteiger partial charge in [0.2, 0.25) is 0 Å². The Morgan fingerprint density at radius 1 is 0.780 bits per heavy atom. The van der Waals surface area contributed by atoms with Gasteiger partial charge in [-0.3, -0.25) is 13.9 Å². The smallest absolute Gasteiger partial charge is 0.744 e. The maximum Gasteiger partial charge on any atom is 1.00 e. The van der Waals surface area contributed by atoms with Crippen molar-refractivity contribution in [3.8, 4) is 0 Å². The fraction of sp³-hybridized carbons (Fsp3) is 0.0714. The van der Waals surface area contributed by atoms with Crippen molar-refractivity contribution in [2.24, 2.45) is 0 Å². The molecule has 13 heteroatoms. The second-order valence-corrected chi connectivity index (χ2v) is 12.5. The Labute approximate surface area is 259 Å². The molecule has 0 amide bonds. The Bertz CT molecular complexity index is 1940. The van der Waals surface area contributed by atoms with Gasteiger partial charge in [0.15, 0.2) is 11.6 Å². The summed E-state index contributed by atoms with van der Waals surface area (Å²) in [4.78, 5) is 26.2. The normalized spacial score (nSPS) is 12.7. The number of carbonyl (C=O) groups excluding carboxylic acids is 2. The molecule has 1 aliphatic rings. The van der Waals surface area contributed by atoms with Crippen molar-refractivity contribution in [3.05, 3.63) is 107 Å². The number of nitrogens with two attached hydrogens (primary N) is 1. The van der Waals surface area contributed by atoms with Gasteiger partial charge in [-0.05, 0) is 61.0 Å². The van der Waals surface area contributed by atoms with E-state index in [1.807, 2.05) is 0 Å². The van der Waals surface area contributed by atoms with Crippen molar-refractivity contribution in [1.29, 1.82) is 0 Å². The van der Waals surface area contributed by atoms with Crippen LogP contribution in [-0.2, 0) is 20.1 Å². The molecular formula is C28H22N3NaO7S2. The monoisotopic (exact) mass is 599 g/mol. The molecule has 0 heterocycles. The molecule has 1 aliphatic carbocycles. The number of fused-ring (bicyclic) bond motifs is 2. The van der Waals surface area contributed by atoms with Gasteiger partial charge in [-0.2, -0.15) is 0 Å². The van der Waals surface area contributed by atoms with Crippen LogP contribution in [0.2, 0.25) is 0 Å². The minimum absolute atomic E-state index is 0. The second-order valence-electron chi connectivity index (χ2n) is 9.18. The van der Waals surface area contributed by atoms with E-state index in [4.69, 9.17) is 5.73 Å². The first-order chi connectivity index (χ1) is 18.8. The van der Waals surface area contributed by atoms with Crippen LogP contribution in [0, 0.1) is 6.92 Å². The molecule has 204 valence electrons. The van der Waals surface area contributed by atoms with Gasteiger partial charge in [-0.15, -0.1) is 0 Å². The van der Waals surface area contributed by atoms with Crippen LogP contribution < -0.4 is 44.9 Å². The number of nitrogens with zero attached hydrogens (tertiary/aromatic N) is 1. The van der Waals surface area contributed by atoms with Crippen LogP contribution in [0.3, 0.4) is 0 Å². The molecule has 0 spiro atoms. The largest absolute Gasteiger partial charge is 1.00 e. The molecule has 0 saturated heterocycles. The van der Waals surface area contributed by atoms with Crippen molar-refractivity contribution < 1.29 is 60.5 Å². The first-order valence-corrected chi connectivity index (χ1v) is 14.7. The summed E-state index contributed by atoms with van der Waals surface area (Å²) in [5.74, 6) is -0.755. The van der Waals surface area contributed by atoms with Gasteiger partial charge in [-0.25, -0.2) is 16.8 Å². The predicted octanol–water partition coefficient (Wildman–Crippen LogP) is 0.829. The molecule has 3 N–H and O–H groups in total. The van der Waals surface area contributed by atoms with E-state index in [0.717, 1.165) is 16.4 Å². The number of rotatable bonds is 6. The summed E-state index contributed by atoms with van der Waals surface area (Å²) in [6.45, 7) is 1.71. The first kappa shape index (κ1) is 30.4. The number of aryl methyl sites for hydroxylation is 1. The topological polar surface area (TPSA) is 167 Å². The SMILES string of the molecule is Cc1cc(Nc2cccc(S(=O)(=O)N(C)c3ccc(S(=O)(=O)[O-])cc3)c2)c2c(c1N)C(=O)c1ccccc1C2=O.[Na+]. The van der Waals surface area contributed by atoms with Crippen LogP contribution in [0.4, 0.5) is 22.7 Å². The number of nitrogens with one attached hydrogen (secondary N) is 1. The second kappa shape index (κ2) is 11.0. The summed E-state index contributed by atoms with van der Waals surface area (Å²) in [5, 5.41) is 3.08. The third kappa shape index (κ3) is 5.42. The summed E-state index contributed by atoms with van der Waals surface area (Å²) in [7, 11) is -7.52. The Hall–Kier alpha value is -3.52. The molecule has 0 radical (unpaired) electrons. The third-order valence-electron chi connectivity index (χ3n) is 6.71. The predicted molar refractivity (Wildman–Crippen MR) is 149 cm³/mol. The fourth-order valence-electron chi connectivity index (χ4n) is 4.56. The third-order valence-corrected chi connectivity index (χ3v) is 9.34. The molecule has 41 heavy (non-hydrogen) atoms. The molecule has 0 aromatic heterocycles. The maximum atomic E-state index is 13.5. The van der Waals surface area contributed by atoms with Gasteiger partial charge in [-0.1, -0.05) is 30.3 Å². The Morgan fingerprint density at radius 2 is 1.37 bits per heavy atom. The van der Waals surface area contributed by atoms with Crippen molar-refractivity contribution in [3.63, 3.8) is 0 Å². The number of hydrogen-bond acceptors (Lipinski definition) is 9. The summed E-state index contributed by atoms with van der Waals surface area (Å²) in [6.07, 6.45) is 0. The molecule has 10 nitrogen and oxygen atoms in total. The molecular weight excluding hydrogens is 577 g/mol. The molecule has 4 aromatic rings. The fourth-order valence-corrected chi connectivity index (χ4v) is 6.27. The standard InChI is InChI=1S/C28H23N3O7S2.Na/c1-16-14-23(24-25(26(16)29)28(33)22-9-4-3-8-21(22)27(24)32)30-17-6-5-7-20(15-17)39(34,35)31(2)18-10-12-19(13-11-18)40(36,37)38;/h3-15,30H,29H2,1-2H3,(H,36,37,38);/q;+1/p-1. The quantitative estimate of drug-likeness (QED) is 0.163. The molecule has 0 unspecified atom stereocenters. The van der Waals surface area contributed by atoms with E-state index >= 15 is 0 Å². The summed E-state index contributed by atoms with van der Waals surface area (Å²) in [5.41, 5.74) is 8.47. The number of benzene rings is 4. The minimum Gasteiger partial charge on any atom is -0.744 e. The summed E-state index contributed by atoms with van der Waals surface area (Å²) in [6, 6.07) is 18.5. The number of hydrogen-bond donors (Lipinski definition) is 2. The van der Waals surface area contributed by atoms with Gasteiger partial charge in [0.05, 0.1) is 32.3 Å². The Kier molecular flexibility index (Phi) is 8.20. The molecule has 5 rings (SSSR count). The van der Waals surface area contributed by atoms with Crippen LogP contribution in [0.5, 0.6) is 0 Å².